The Bertz CT molecular complexity index is 408. The van der Waals surface area contributed by atoms with Crippen LogP contribution in [0.15, 0.2) is 18.2 Å². The second kappa shape index (κ2) is 4.55. The molecule has 4 nitrogen and oxygen atoms in total. The molecule has 1 saturated carbocycles. The zero-order chi connectivity index (χ0) is 11.7. The van der Waals surface area contributed by atoms with Gasteiger partial charge in [0.1, 0.15) is 0 Å². The molecule has 2 atom stereocenters. The van der Waals surface area contributed by atoms with Gasteiger partial charge in [0.05, 0.1) is 0 Å². The second-order valence-electron chi connectivity index (χ2n) is 4.77. The first kappa shape index (κ1) is 10.9. The average Bonchev–Trinajstić information content (AvgIpc) is 2.94. The molecule has 0 amide bonds. The van der Waals surface area contributed by atoms with Crippen LogP contribution in [-0.4, -0.2) is 18.9 Å². The molecule has 1 heterocycles. The molecular weight excluding hydrogens is 216 g/mol. The largest absolute Gasteiger partial charge is 0.454 e. The number of fused-ring (bicyclic) bond motifs is 1. The molecule has 0 bridgehead atoms. The highest BCUT2D eigenvalue weighted by molar-refractivity contribution is 5.44. The van der Waals surface area contributed by atoms with Crippen molar-refractivity contribution in [1.29, 1.82) is 0 Å². The van der Waals surface area contributed by atoms with Crippen LogP contribution in [0, 0.1) is 0 Å². The molecule has 0 radical (unpaired) electrons. The van der Waals surface area contributed by atoms with E-state index in [9.17, 15) is 0 Å². The van der Waals surface area contributed by atoms with Crippen LogP contribution >= 0.6 is 0 Å². The van der Waals surface area contributed by atoms with Gasteiger partial charge in [0.15, 0.2) is 11.5 Å². The van der Waals surface area contributed by atoms with Crippen LogP contribution in [0.2, 0.25) is 0 Å². The molecule has 1 aromatic rings. The SMILES string of the molecule is N[C@H]1CCC[C@H]1NCc1ccc2c(c1)OCO2. The second-order valence-corrected chi connectivity index (χ2v) is 4.77. The van der Waals surface area contributed by atoms with Gasteiger partial charge in [-0.15, -0.1) is 0 Å². The van der Waals surface area contributed by atoms with Crippen molar-refractivity contribution in [1.82, 2.24) is 5.32 Å². The first-order valence-corrected chi connectivity index (χ1v) is 6.20. The van der Waals surface area contributed by atoms with Crippen LogP contribution < -0.4 is 20.5 Å². The van der Waals surface area contributed by atoms with Gasteiger partial charge in [-0.05, 0) is 30.5 Å². The van der Waals surface area contributed by atoms with Crippen LogP contribution in [0.1, 0.15) is 24.8 Å². The van der Waals surface area contributed by atoms with Crippen molar-refractivity contribution >= 4 is 0 Å². The van der Waals surface area contributed by atoms with Gasteiger partial charge in [-0.25, -0.2) is 0 Å². The molecule has 3 N–H and O–H groups in total. The van der Waals surface area contributed by atoms with Crippen molar-refractivity contribution in [2.75, 3.05) is 6.79 Å². The maximum Gasteiger partial charge on any atom is 0.231 e. The van der Waals surface area contributed by atoms with E-state index < -0.39 is 0 Å². The van der Waals surface area contributed by atoms with Gasteiger partial charge in [-0.2, -0.15) is 0 Å². The van der Waals surface area contributed by atoms with Crippen molar-refractivity contribution in [3.63, 3.8) is 0 Å². The van der Waals surface area contributed by atoms with Crippen molar-refractivity contribution in [2.45, 2.75) is 37.9 Å². The number of hydrogen-bond acceptors (Lipinski definition) is 4. The van der Waals surface area contributed by atoms with E-state index >= 15 is 0 Å². The summed E-state index contributed by atoms with van der Waals surface area (Å²) < 4.78 is 10.6. The summed E-state index contributed by atoms with van der Waals surface area (Å²) in [6.45, 7) is 1.18. The molecule has 1 fully saturated rings. The number of nitrogens with one attached hydrogen (secondary N) is 1. The molecule has 2 aliphatic rings. The average molecular weight is 234 g/mol. The highest BCUT2D eigenvalue weighted by atomic mass is 16.7. The molecule has 1 aliphatic heterocycles. The molecule has 1 aliphatic carbocycles. The Morgan fingerprint density at radius 3 is 2.94 bits per heavy atom. The van der Waals surface area contributed by atoms with Gasteiger partial charge in [-0.1, -0.05) is 12.5 Å². The van der Waals surface area contributed by atoms with Crippen molar-refractivity contribution < 1.29 is 9.47 Å². The smallest absolute Gasteiger partial charge is 0.231 e. The van der Waals surface area contributed by atoms with Gasteiger partial charge in [0.2, 0.25) is 6.79 Å². The van der Waals surface area contributed by atoms with E-state index in [0.29, 0.717) is 18.9 Å². The zero-order valence-corrected chi connectivity index (χ0v) is 9.82. The van der Waals surface area contributed by atoms with Crippen LogP contribution in [-0.2, 0) is 6.54 Å². The molecule has 3 rings (SSSR count). The van der Waals surface area contributed by atoms with E-state index in [-0.39, 0.29) is 0 Å². The molecule has 0 spiro atoms. The van der Waals surface area contributed by atoms with E-state index in [1.807, 2.05) is 12.1 Å². The van der Waals surface area contributed by atoms with E-state index in [0.717, 1.165) is 24.5 Å². The van der Waals surface area contributed by atoms with Gasteiger partial charge in [-0.3, -0.25) is 0 Å². The highest BCUT2D eigenvalue weighted by Gasteiger charge is 2.23. The molecule has 17 heavy (non-hydrogen) atoms. The normalized spacial score (nSPS) is 26.4. The van der Waals surface area contributed by atoms with Gasteiger partial charge in [0.25, 0.3) is 0 Å². The fourth-order valence-corrected chi connectivity index (χ4v) is 2.54. The minimum atomic E-state index is 0.309. The molecule has 4 heteroatoms. The number of nitrogens with two attached hydrogens (primary N) is 1. The Morgan fingerprint density at radius 2 is 2.12 bits per heavy atom. The van der Waals surface area contributed by atoms with E-state index in [1.165, 1.54) is 18.4 Å². The third kappa shape index (κ3) is 2.23. The lowest BCUT2D eigenvalue weighted by Crippen LogP contribution is -2.40. The number of benzene rings is 1. The third-order valence-electron chi connectivity index (χ3n) is 3.57. The Labute approximate surface area is 101 Å². The Balaban J connectivity index is 1.61. The number of hydrogen-bond donors (Lipinski definition) is 2. The fourth-order valence-electron chi connectivity index (χ4n) is 2.54. The lowest BCUT2D eigenvalue weighted by atomic mass is 10.1. The van der Waals surface area contributed by atoms with Crippen LogP contribution in [0.3, 0.4) is 0 Å². The molecule has 0 unspecified atom stereocenters. The van der Waals surface area contributed by atoms with Crippen LogP contribution in [0.5, 0.6) is 11.5 Å². The molecular formula is C13H18N2O2. The van der Waals surface area contributed by atoms with E-state index in [1.54, 1.807) is 0 Å². The first-order valence-electron chi connectivity index (χ1n) is 6.20. The highest BCUT2D eigenvalue weighted by Crippen LogP contribution is 2.32. The summed E-state index contributed by atoms with van der Waals surface area (Å²) in [4.78, 5) is 0. The van der Waals surface area contributed by atoms with Crippen molar-refractivity contribution in [3.05, 3.63) is 23.8 Å². The summed E-state index contributed by atoms with van der Waals surface area (Å²) in [7, 11) is 0. The standard InChI is InChI=1S/C13H18N2O2/c14-10-2-1-3-11(10)15-7-9-4-5-12-13(6-9)17-8-16-12/h4-6,10-11,15H,1-3,7-8,14H2/t10-,11+/m0/s1. The molecule has 0 aromatic heterocycles. The van der Waals surface area contributed by atoms with Crippen LogP contribution in [0.4, 0.5) is 0 Å². The fraction of sp³-hybridized carbons (Fsp3) is 0.538. The minimum Gasteiger partial charge on any atom is -0.454 e. The Hall–Kier alpha value is -1.26. The number of ether oxygens (including phenoxy) is 2. The Kier molecular flexibility index (Phi) is 2.91. The summed E-state index contributed by atoms with van der Waals surface area (Å²) in [5.41, 5.74) is 7.24. The zero-order valence-electron chi connectivity index (χ0n) is 9.82. The predicted molar refractivity (Wildman–Crippen MR) is 65.0 cm³/mol. The molecule has 1 aromatic carbocycles. The van der Waals surface area contributed by atoms with Crippen molar-refractivity contribution in [2.24, 2.45) is 5.73 Å². The topological polar surface area (TPSA) is 56.5 Å². The van der Waals surface area contributed by atoms with Crippen molar-refractivity contribution in [3.8, 4) is 11.5 Å². The maximum atomic E-state index is 6.03. The maximum absolute atomic E-state index is 6.03. The summed E-state index contributed by atoms with van der Waals surface area (Å²) in [6.07, 6.45) is 3.56. The van der Waals surface area contributed by atoms with E-state index in [2.05, 4.69) is 11.4 Å². The van der Waals surface area contributed by atoms with Gasteiger partial charge in [0, 0.05) is 18.6 Å². The lowest BCUT2D eigenvalue weighted by Gasteiger charge is -2.17. The monoisotopic (exact) mass is 234 g/mol. The van der Waals surface area contributed by atoms with Crippen LogP contribution in [0.25, 0.3) is 0 Å². The Morgan fingerprint density at radius 1 is 1.24 bits per heavy atom. The summed E-state index contributed by atoms with van der Waals surface area (Å²) in [5, 5.41) is 3.52. The third-order valence-corrected chi connectivity index (χ3v) is 3.57. The quantitative estimate of drug-likeness (QED) is 0.829. The number of rotatable bonds is 3. The predicted octanol–water partition coefficient (Wildman–Crippen LogP) is 1.38. The summed E-state index contributed by atoms with van der Waals surface area (Å²) in [5.74, 6) is 1.69. The minimum absolute atomic E-state index is 0.309. The lowest BCUT2D eigenvalue weighted by molar-refractivity contribution is 0.174. The molecule has 0 saturated heterocycles. The van der Waals surface area contributed by atoms with E-state index in [4.69, 9.17) is 15.2 Å². The first-order chi connectivity index (χ1) is 8.33. The summed E-state index contributed by atoms with van der Waals surface area (Å²) >= 11 is 0. The molecule has 92 valence electrons. The summed E-state index contributed by atoms with van der Waals surface area (Å²) in [6, 6.07) is 6.84. The van der Waals surface area contributed by atoms with Gasteiger partial charge >= 0.3 is 0 Å². The van der Waals surface area contributed by atoms with Gasteiger partial charge < -0.3 is 20.5 Å².